The number of nitrogens with zero attached hydrogens (tertiary/aromatic N) is 4. The minimum Gasteiger partial charge on any atom is -0.371 e. The topological polar surface area (TPSA) is 44.3 Å². The zero-order valence-corrected chi connectivity index (χ0v) is 21.4. The van der Waals surface area contributed by atoms with Crippen LogP contribution in [-0.2, 0) is 6.18 Å². The molecule has 0 amide bonds. The van der Waals surface area contributed by atoms with E-state index in [-0.39, 0.29) is 5.82 Å². The van der Waals surface area contributed by atoms with Gasteiger partial charge in [-0.05, 0) is 91.8 Å². The number of nitrogens with one attached hydrogen (secondary N) is 1. The minimum atomic E-state index is -4.30. The Morgan fingerprint density at radius 3 is 1.85 bits per heavy atom. The number of piperidine rings is 2. The lowest BCUT2D eigenvalue weighted by atomic mass is 9.71. The van der Waals surface area contributed by atoms with Crippen LogP contribution in [0.5, 0.6) is 0 Å². The highest BCUT2D eigenvalue weighted by Gasteiger charge is 2.38. The molecule has 0 atom stereocenters. The van der Waals surface area contributed by atoms with Crippen LogP contribution in [0.25, 0.3) is 10.9 Å². The second-order valence-corrected chi connectivity index (χ2v) is 10.6. The molecule has 0 radical (unpaired) electrons. The first-order chi connectivity index (χ1) is 18.8. The number of benzene rings is 3. The van der Waals surface area contributed by atoms with Crippen molar-refractivity contribution in [2.45, 2.75) is 31.9 Å². The number of hydrogen-bond donors (Lipinski definition) is 1. The molecule has 1 aromatic heterocycles. The Morgan fingerprint density at radius 1 is 0.718 bits per heavy atom. The van der Waals surface area contributed by atoms with E-state index in [1.165, 1.54) is 36.3 Å². The number of anilines is 4. The number of aromatic nitrogens is 2. The minimum absolute atomic E-state index is 0.300. The van der Waals surface area contributed by atoms with Crippen LogP contribution >= 0.6 is 0 Å². The zero-order chi connectivity index (χ0) is 27.0. The third kappa shape index (κ3) is 5.35. The first-order valence-corrected chi connectivity index (χ1v) is 13.2. The van der Waals surface area contributed by atoms with E-state index in [1.54, 1.807) is 18.2 Å². The SMILES string of the molecule is Fc1ccc2c(Nc3ccc(N4CCC5(CC4)CCN(c4ccc(C(F)(F)F)cc4)CC5)cc3)ncnc2c1. The van der Waals surface area contributed by atoms with E-state index in [0.717, 1.165) is 68.6 Å². The summed E-state index contributed by atoms with van der Waals surface area (Å²) in [4.78, 5) is 13.1. The number of alkyl halides is 3. The Bertz CT molecular complexity index is 1440. The molecule has 0 aliphatic carbocycles. The van der Waals surface area contributed by atoms with E-state index >= 15 is 0 Å². The van der Waals surface area contributed by atoms with Gasteiger partial charge in [-0.1, -0.05) is 0 Å². The first kappa shape index (κ1) is 25.4. The van der Waals surface area contributed by atoms with Gasteiger partial charge in [-0.2, -0.15) is 13.2 Å². The average molecular weight is 536 g/mol. The van der Waals surface area contributed by atoms with Crippen LogP contribution in [0.1, 0.15) is 31.2 Å². The number of halogens is 4. The van der Waals surface area contributed by atoms with E-state index in [4.69, 9.17) is 0 Å². The largest absolute Gasteiger partial charge is 0.416 e. The second kappa shape index (κ2) is 10.0. The molecule has 1 spiro atoms. The molecule has 9 heteroatoms. The molecule has 2 saturated heterocycles. The van der Waals surface area contributed by atoms with Crippen LogP contribution in [0.15, 0.2) is 73.1 Å². The average Bonchev–Trinajstić information content (AvgIpc) is 2.94. The quantitative estimate of drug-likeness (QED) is 0.276. The molecule has 0 unspecified atom stereocenters. The molecule has 2 fully saturated rings. The monoisotopic (exact) mass is 535 g/mol. The highest BCUT2D eigenvalue weighted by atomic mass is 19.4. The third-order valence-corrected chi connectivity index (χ3v) is 8.30. The fourth-order valence-electron chi connectivity index (χ4n) is 5.86. The number of fused-ring (bicyclic) bond motifs is 1. The van der Waals surface area contributed by atoms with Gasteiger partial charge in [-0.15, -0.1) is 0 Å². The van der Waals surface area contributed by atoms with Crippen molar-refractivity contribution in [1.82, 2.24) is 9.97 Å². The molecule has 2 aliphatic rings. The van der Waals surface area contributed by atoms with Crippen molar-refractivity contribution in [3.63, 3.8) is 0 Å². The van der Waals surface area contributed by atoms with Crippen molar-refractivity contribution in [1.29, 1.82) is 0 Å². The van der Waals surface area contributed by atoms with Crippen molar-refractivity contribution in [2.75, 3.05) is 41.3 Å². The van der Waals surface area contributed by atoms with Gasteiger partial charge >= 0.3 is 6.18 Å². The van der Waals surface area contributed by atoms with Gasteiger partial charge in [0.25, 0.3) is 0 Å². The summed E-state index contributed by atoms with van der Waals surface area (Å²) in [5.41, 5.74) is 3.19. The molecule has 39 heavy (non-hydrogen) atoms. The molecule has 4 aromatic rings. The predicted octanol–water partition coefficient (Wildman–Crippen LogP) is 7.42. The fraction of sp³-hybridized carbons (Fsp3) is 0.333. The van der Waals surface area contributed by atoms with Crippen LogP contribution in [0.3, 0.4) is 0 Å². The predicted molar refractivity (Wildman–Crippen MR) is 146 cm³/mol. The highest BCUT2D eigenvalue weighted by molar-refractivity contribution is 5.90. The van der Waals surface area contributed by atoms with Crippen LogP contribution in [0.2, 0.25) is 0 Å². The lowest BCUT2D eigenvalue weighted by molar-refractivity contribution is -0.137. The maximum absolute atomic E-state index is 13.5. The van der Waals surface area contributed by atoms with E-state index in [0.29, 0.717) is 16.7 Å². The lowest BCUT2D eigenvalue weighted by Gasteiger charge is -2.48. The van der Waals surface area contributed by atoms with E-state index in [2.05, 4.69) is 37.2 Å². The second-order valence-electron chi connectivity index (χ2n) is 10.6. The van der Waals surface area contributed by atoms with Crippen molar-refractivity contribution < 1.29 is 17.6 Å². The number of rotatable bonds is 4. The van der Waals surface area contributed by atoms with Crippen LogP contribution in [0.4, 0.5) is 40.4 Å². The summed E-state index contributed by atoms with van der Waals surface area (Å²) in [6, 6.07) is 18.3. The molecular formula is C30H29F4N5. The first-order valence-electron chi connectivity index (χ1n) is 13.2. The molecule has 5 nitrogen and oxygen atoms in total. The molecule has 1 N–H and O–H groups in total. The Hall–Kier alpha value is -3.88. The van der Waals surface area contributed by atoms with Crippen molar-refractivity contribution >= 4 is 33.8 Å². The van der Waals surface area contributed by atoms with E-state index < -0.39 is 11.7 Å². The van der Waals surface area contributed by atoms with Gasteiger partial charge in [-0.3, -0.25) is 0 Å². The summed E-state index contributed by atoms with van der Waals surface area (Å²) in [6.07, 6.45) is 1.45. The molecule has 3 aromatic carbocycles. The van der Waals surface area contributed by atoms with Gasteiger partial charge in [0.2, 0.25) is 0 Å². The van der Waals surface area contributed by atoms with Gasteiger partial charge in [-0.25, -0.2) is 14.4 Å². The molecule has 3 heterocycles. The van der Waals surface area contributed by atoms with Gasteiger partial charge < -0.3 is 15.1 Å². The Kier molecular flexibility index (Phi) is 6.53. The molecular weight excluding hydrogens is 506 g/mol. The van der Waals surface area contributed by atoms with Crippen LogP contribution < -0.4 is 15.1 Å². The van der Waals surface area contributed by atoms with Crippen LogP contribution in [0, 0.1) is 11.2 Å². The fourth-order valence-corrected chi connectivity index (χ4v) is 5.86. The Labute approximate surface area is 224 Å². The summed E-state index contributed by atoms with van der Waals surface area (Å²) in [5, 5.41) is 4.08. The Balaban J connectivity index is 1.04. The molecule has 202 valence electrons. The maximum Gasteiger partial charge on any atom is 0.416 e. The molecule has 2 aliphatic heterocycles. The Morgan fingerprint density at radius 2 is 1.28 bits per heavy atom. The zero-order valence-electron chi connectivity index (χ0n) is 21.4. The normalized spacial score (nSPS) is 17.5. The summed E-state index contributed by atoms with van der Waals surface area (Å²) in [6.45, 7) is 3.70. The van der Waals surface area contributed by atoms with Gasteiger partial charge in [0, 0.05) is 54.7 Å². The molecule has 6 rings (SSSR count). The highest BCUT2D eigenvalue weighted by Crippen LogP contribution is 2.43. The van der Waals surface area contributed by atoms with E-state index in [9.17, 15) is 17.6 Å². The van der Waals surface area contributed by atoms with Crippen molar-refractivity contribution in [3.8, 4) is 0 Å². The van der Waals surface area contributed by atoms with E-state index in [1.807, 2.05) is 12.1 Å². The molecule has 0 bridgehead atoms. The maximum atomic E-state index is 13.5. The van der Waals surface area contributed by atoms with Gasteiger partial charge in [0.05, 0.1) is 11.1 Å². The lowest BCUT2D eigenvalue weighted by Crippen LogP contribution is -2.47. The van der Waals surface area contributed by atoms with Gasteiger partial charge in [0.15, 0.2) is 0 Å². The summed E-state index contributed by atoms with van der Waals surface area (Å²) >= 11 is 0. The van der Waals surface area contributed by atoms with Crippen molar-refractivity contribution in [3.05, 3.63) is 84.4 Å². The summed E-state index contributed by atoms with van der Waals surface area (Å²) < 4.78 is 52.2. The summed E-state index contributed by atoms with van der Waals surface area (Å²) in [5.74, 6) is 0.305. The van der Waals surface area contributed by atoms with Crippen LogP contribution in [-0.4, -0.2) is 36.1 Å². The third-order valence-electron chi connectivity index (χ3n) is 8.30. The smallest absolute Gasteiger partial charge is 0.371 e. The van der Waals surface area contributed by atoms with Crippen molar-refractivity contribution in [2.24, 2.45) is 5.41 Å². The number of hydrogen-bond acceptors (Lipinski definition) is 5. The van der Waals surface area contributed by atoms with Gasteiger partial charge in [0.1, 0.15) is 18.0 Å². The standard InChI is InChI=1S/C30H29F4N5/c31-22-3-10-26-27(19-22)35-20-36-28(26)37-23-4-8-25(9-5-23)39-17-13-29(14-18-39)11-15-38(16-12-29)24-6-1-21(2-7-24)30(32,33)34/h1-10,19-20H,11-18H2,(H,35,36,37). The summed E-state index contributed by atoms with van der Waals surface area (Å²) in [7, 11) is 0. The molecule has 0 saturated carbocycles.